The van der Waals surface area contributed by atoms with Gasteiger partial charge in [0.05, 0.1) is 0 Å². The highest BCUT2D eigenvalue weighted by Gasteiger charge is 2.38. The number of hydrogen-bond acceptors (Lipinski definition) is 7. The lowest BCUT2D eigenvalue weighted by molar-refractivity contribution is -0.225. The fourth-order valence-corrected chi connectivity index (χ4v) is 2.64. The van der Waals surface area contributed by atoms with Crippen LogP contribution in [-0.4, -0.2) is 51.9 Å². The number of carbonyl (C=O) groups excluding carboxylic acids is 1. The molecule has 0 fully saturated rings. The lowest BCUT2D eigenvalue weighted by Gasteiger charge is -2.34. The Bertz CT molecular complexity index is 324. The van der Waals surface area contributed by atoms with Crippen LogP contribution in [0.25, 0.3) is 0 Å². The predicted molar refractivity (Wildman–Crippen MR) is 89.1 cm³/mol. The van der Waals surface area contributed by atoms with Gasteiger partial charge in [-0.05, 0) is 32.1 Å². The Labute approximate surface area is 144 Å². The standard InChI is InChI=1S/C17H34O7/c1-3-14(10-7-9-13-19)17(22,4-2)24-16(21)23-15(20)11-6-5-8-12-18/h14-15,18-20,22H,3-13H2,1-2H3. The molecule has 0 spiro atoms. The van der Waals surface area contributed by atoms with Crippen LogP contribution in [0.3, 0.4) is 0 Å². The normalized spacial score (nSPS) is 16.2. The van der Waals surface area contributed by atoms with Crippen molar-refractivity contribution in [1.29, 1.82) is 0 Å². The number of aliphatic hydroxyl groups is 4. The fourth-order valence-electron chi connectivity index (χ4n) is 2.64. The second-order valence-electron chi connectivity index (χ2n) is 6.02. The quantitative estimate of drug-likeness (QED) is 0.216. The molecule has 24 heavy (non-hydrogen) atoms. The van der Waals surface area contributed by atoms with Gasteiger partial charge in [-0.15, -0.1) is 0 Å². The summed E-state index contributed by atoms with van der Waals surface area (Å²) in [6.45, 7) is 3.80. The van der Waals surface area contributed by atoms with Crippen LogP contribution in [0.2, 0.25) is 0 Å². The van der Waals surface area contributed by atoms with Gasteiger partial charge in [0.1, 0.15) is 0 Å². The number of ether oxygens (including phenoxy) is 2. The van der Waals surface area contributed by atoms with E-state index in [4.69, 9.17) is 19.7 Å². The van der Waals surface area contributed by atoms with E-state index < -0.39 is 18.2 Å². The van der Waals surface area contributed by atoms with Crippen LogP contribution in [0.4, 0.5) is 4.79 Å². The molecule has 0 aliphatic rings. The van der Waals surface area contributed by atoms with E-state index in [1.165, 1.54) is 0 Å². The molecule has 144 valence electrons. The van der Waals surface area contributed by atoms with Crippen LogP contribution in [0.15, 0.2) is 0 Å². The molecule has 0 saturated heterocycles. The molecule has 4 N–H and O–H groups in total. The minimum atomic E-state index is -1.64. The molecule has 0 aromatic carbocycles. The average molecular weight is 350 g/mol. The summed E-state index contributed by atoms with van der Waals surface area (Å²) in [5.41, 5.74) is 0. The molecule has 0 aromatic rings. The van der Waals surface area contributed by atoms with Crippen molar-refractivity contribution in [3.63, 3.8) is 0 Å². The maximum Gasteiger partial charge on any atom is 0.513 e. The summed E-state index contributed by atoms with van der Waals surface area (Å²) < 4.78 is 9.88. The minimum absolute atomic E-state index is 0.0896. The van der Waals surface area contributed by atoms with Gasteiger partial charge in [-0.1, -0.05) is 26.7 Å². The smallest absolute Gasteiger partial charge is 0.405 e. The van der Waals surface area contributed by atoms with Crippen molar-refractivity contribution < 1.29 is 34.7 Å². The van der Waals surface area contributed by atoms with Gasteiger partial charge in [0, 0.05) is 32.0 Å². The zero-order valence-corrected chi connectivity index (χ0v) is 14.9. The number of rotatable bonds is 14. The maximum atomic E-state index is 11.8. The Balaban J connectivity index is 4.41. The molecule has 0 radical (unpaired) electrons. The van der Waals surface area contributed by atoms with Crippen LogP contribution < -0.4 is 0 Å². The third-order valence-corrected chi connectivity index (χ3v) is 4.20. The molecule has 0 aromatic heterocycles. The molecule has 7 nitrogen and oxygen atoms in total. The highest BCUT2D eigenvalue weighted by molar-refractivity contribution is 5.60. The van der Waals surface area contributed by atoms with Gasteiger partial charge >= 0.3 is 6.16 Å². The number of unbranched alkanes of at least 4 members (excludes halogenated alkanes) is 3. The molecular formula is C17H34O7. The van der Waals surface area contributed by atoms with E-state index in [1.807, 2.05) is 6.92 Å². The Hall–Kier alpha value is -0.890. The van der Waals surface area contributed by atoms with Crippen molar-refractivity contribution >= 4 is 6.16 Å². The zero-order chi connectivity index (χ0) is 18.4. The number of carbonyl (C=O) groups is 1. The van der Waals surface area contributed by atoms with Crippen LogP contribution in [0, 0.1) is 5.92 Å². The third kappa shape index (κ3) is 9.42. The second-order valence-corrected chi connectivity index (χ2v) is 6.02. The lowest BCUT2D eigenvalue weighted by atomic mass is 9.88. The van der Waals surface area contributed by atoms with Crippen molar-refractivity contribution in [1.82, 2.24) is 0 Å². The predicted octanol–water partition coefficient (Wildman–Crippen LogP) is 2.30. The summed E-state index contributed by atoms with van der Waals surface area (Å²) in [5.74, 6) is -1.90. The van der Waals surface area contributed by atoms with E-state index >= 15 is 0 Å². The molecule has 0 bridgehead atoms. The molecular weight excluding hydrogens is 316 g/mol. The first-order chi connectivity index (χ1) is 11.4. The van der Waals surface area contributed by atoms with E-state index in [2.05, 4.69) is 0 Å². The van der Waals surface area contributed by atoms with E-state index in [1.54, 1.807) is 6.92 Å². The van der Waals surface area contributed by atoms with E-state index in [9.17, 15) is 15.0 Å². The molecule has 7 heteroatoms. The first-order valence-corrected chi connectivity index (χ1v) is 8.95. The topological polar surface area (TPSA) is 116 Å². The van der Waals surface area contributed by atoms with Crippen LogP contribution >= 0.6 is 0 Å². The summed E-state index contributed by atoms with van der Waals surface area (Å²) in [7, 11) is 0. The van der Waals surface area contributed by atoms with Crippen molar-refractivity contribution in [2.24, 2.45) is 5.92 Å². The third-order valence-electron chi connectivity index (χ3n) is 4.20. The molecule has 3 unspecified atom stereocenters. The molecule has 0 amide bonds. The first-order valence-electron chi connectivity index (χ1n) is 8.95. The SMILES string of the molecule is CCC(CCCCO)C(O)(CC)OC(=O)OC(O)CCCCCO. The van der Waals surface area contributed by atoms with Gasteiger partial charge < -0.3 is 29.9 Å². The molecule has 0 aliphatic heterocycles. The molecule has 0 aliphatic carbocycles. The Morgan fingerprint density at radius 2 is 1.58 bits per heavy atom. The van der Waals surface area contributed by atoms with Gasteiger partial charge in [0.2, 0.25) is 12.1 Å². The van der Waals surface area contributed by atoms with Crippen LogP contribution in [0.5, 0.6) is 0 Å². The Morgan fingerprint density at radius 3 is 2.12 bits per heavy atom. The van der Waals surface area contributed by atoms with Crippen molar-refractivity contribution in [3.8, 4) is 0 Å². The summed E-state index contributed by atoms with van der Waals surface area (Å²) >= 11 is 0. The summed E-state index contributed by atoms with van der Waals surface area (Å²) in [6.07, 6.45) is 2.68. The second kappa shape index (κ2) is 13.4. The van der Waals surface area contributed by atoms with Crippen molar-refractivity contribution in [3.05, 3.63) is 0 Å². The van der Waals surface area contributed by atoms with E-state index in [0.29, 0.717) is 32.1 Å². The molecule has 3 atom stereocenters. The number of aliphatic hydroxyl groups excluding tert-OH is 3. The molecule has 0 saturated carbocycles. The lowest BCUT2D eigenvalue weighted by Crippen LogP contribution is -2.42. The largest absolute Gasteiger partial charge is 0.513 e. The Kier molecular flexibility index (Phi) is 12.9. The van der Waals surface area contributed by atoms with Crippen LogP contribution in [0.1, 0.15) is 71.6 Å². The molecule has 0 heterocycles. The van der Waals surface area contributed by atoms with Crippen molar-refractivity contribution in [2.45, 2.75) is 83.7 Å². The van der Waals surface area contributed by atoms with Gasteiger partial charge in [0.25, 0.3) is 0 Å². The summed E-state index contributed by atoms with van der Waals surface area (Å²) in [6, 6.07) is 0. The summed E-state index contributed by atoms with van der Waals surface area (Å²) in [5, 5.41) is 37.8. The van der Waals surface area contributed by atoms with Crippen molar-refractivity contribution in [2.75, 3.05) is 13.2 Å². The zero-order valence-electron chi connectivity index (χ0n) is 14.9. The van der Waals surface area contributed by atoms with Gasteiger partial charge in [-0.2, -0.15) is 0 Å². The van der Waals surface area contributed by atoms with Crippen LogP contribution in [-0.2, 0) is 9.47 Å². The Morgan fingerprint density at radius 1 is 1.00 bits per heavy atom. The summed E-state index contributed by atoms with van der Waals surface area (Å²) in [4.78, 5) is 11.8. The van der Waals surface area contributed by atoms with Gasteiger partial charge in [0.15, 0.2) is 0 Å². The van der Waals surface area contributed by atoms with Gasteiger partial charge in [-0.25, -0.2) is 4.79 Å². The monoisotopic (exact) mass is 350 g/mol. The maximum absolute atomic E-state index is 11.8. The highest BCUT2D eigenvalue weighted by atomic mass is 16.8. The first kappa shape index (κ1) is 23.1. The number of hydrogen-bond donors (Lipinski definition) is 4. The average Bonchev–Trinajstić information content (AvgIpc) is 2.55. The van der Waals surface area contributed by atoms with Gasteiger partial charge in [-0.3, -0.25) is 0 Å². The highest BCUT2D eigenvalue weighted by Crippen LogP contribution is 2.31. The fraction of sp³-hybridized carbons (Fsp3) is 0.941. The minimum Gasteiger partial charge on any atom is -0.405 e. The van der Waals surface area contributed by atoms with E-state index in [-0.39, 0.29) is 32.0 Å². The van der Waals surface area contributed by atoms with E-state index in [0.717, 1.165) is 12.8 Å². The molecule has 0 rings (SSSR count).